The first-order valence-corrected chi connectivity index (χ1v) is 5.27. The Morgan fingerprint density at radius 2 is 2.38 bits per heavy atom. The van der Waals surface area contributed by atoms with Gasteiger partial charge >= 0.3 is 0 Å². The smallest absolute Gasteiger partial charge is 0.200 e. The van der Waals surface area contributed by atoms with E-state index < -0.39 is 0 Å². The van der Waals surface area contributed by atoms with Gasteiger partial charge in [-0.2, -0.15) is 0 Å². The maximum atomic E-state index is 9.38. The van der Waals surface area contributed by atoms with Crippen LogP contribution < -0.4 is 5.32 Å². The first kappa shape index (κ1) is 10.7. The quantitative estimate of drug-likeness (QED) is 0.745. The molecule has 2 heterocycles. The van der Waals surface area contributed by atoms with Gasteiger partial charge in [0.05, 0.1) is 6.10 Å². The van der Waals surface area contributed by atoms with E-state index in [0.29, 0.717) is 24.4 Å². The van der Waals surface area contributed by atoms with E-state index in [2.05, 4.69) is 25.9 Å². The molecule has 0 spiro atoms. The zero-order valence-electron chi connectivity index (χ0n) is 9.04. The molecule has 2 aromatic heterocycles. The molecule has 0 bridgehead atoms. The van der Waals surface area contributed by atoms with Gasteiger partial charge < -0.3 is 10.4 Å². The first-order valence-electron chi connectivity index (χ1n) is 5.27. The van der Waals surface area contributed by atoms with Crippen LogP contribution in [-0.2, 0) is 0 Å². The van der Waals surface area contributed by atoms with Crippen LogP contribution in [0.2, 0.25) is 0 Å². The van der Waals surface area contributed by atoms with Crippen LogP contribution in [0.25, 0.3) is 5.65 Å². The SMILES string of the molecule is CCC(O)CCNc1ccc2nnnn2n1. The highest BCUT2D eigenvalue weighted by Gasteiger charge is 2.02. The maximum absolute atomic E-state index is 9.38. The molecular weight excluding hydrogens is 208 g/mol. The van der Waals surface area contributed by atoms with Crippen LogP contribution in [-0.4, -0.2) is 43.0 Å². The van der Waals surface area contributed by atoms with Gasteiger partial charge in [-0.15, -0.1) is 14.8 Å². The molecule has 0 aliphatic rings. The lowest BCUT2D eigenvalue weighted by Gasteiger charge is -2.08. The summed E-state index contributed by atoms with van der Waals surface area (Å²) in [7, 11) is 0. The van der Waals surface area contributed by atoms with E-state index in [1.54, 1.807) is 6.07 Å². The molecule has 7 heteroatoms. The number of tetrazole rings is 1. The number of anilines is 1. The fraction of sp³-hybridized carbons (Fsp3) is 0.556. The number of hydrogen-bond acceptors (Lipinski definition) is 6. The summed E-state index contributed by atoms with van der Waals surface area (Å²) in [5.74, 6) is 0.697. The molecular formula is C9H14N6O. The summed E-state index contributed by atoms with van der Waals surface area (Å²) in [6, 6.07) is 3.59. The molecule has 7 nitrogen and oxygen atoms in total. The fourth-order valence-corrected chi connectivity index (χ4v) is 1.31. The van der Waals surface area contributed by atoms with Gasteiger partial charge in [-0.1, -0.05) is 6.92 Å². The third-order valence-corrected chi connectivity index (χ3v) is 2.32. The van der Waals surface area contributed by atoms with Crippen molar-refractivity contribution in [1.82, 2.24) is 25.3 Å². The summed E-state index contributed by atoms with van der Waals surface area (Å²) in [6.45, 7) is 2.63. The highest BCUT2D eigenvalue weighted by atomic mass is 16.3. The largest absolute Gasteiger partial charge is 0.393 e. The van der Waals surface area contributed by atoms with E-state index in [4.69, 9.17) is 0 Å². The van der Waals surface area contributed by atoms with Crippen LogP contribution in [0.1, 0.15) is 19.8 Å². The van der Waals surface area contributed by atoms with Crippen molar-refractivity contribution in [3.05, 3.63) is 12.1 Å². The van der Waals surface area contributed by atoms with Crippen LogP contribution in [0.15, 0.2) is 12.1 Å². The summed E-state index contributed by atoms with van der Waals surface area (Å²) in [5, 5.41) is 27.6. The Morgan fingerprint density at radius 3 is 3.19 bits per heavy atom. The van der Waals surface area contributed by atoms with E-state index >= 15 is 0 Å². The standard InChI is InChI=1S/C9H14N6O/c1-2-7(16)5-6-10-8-3-4-9-11-13-14-15(9)12-8/h3-4,7,16H,2,5-6H2,1H3,(H,10,12). The molecule has 0 fully saturated rings. The molecule has 2 rings (SSSR count). The topological polar surface area (TPSA) is 88.2 Å². The fourth-order valence-electron chi connectivity index (χ4n) is 1.31. The van der Waals surface area contributed by atoms with Gasteiger partial charge in [-0.3, -0.25) is 0 Å². The minimum atomic E-state index is -0.260. The number of aliphatic hydroxyl groups is 1. The van der Waals surface area contributed by atoms with Crippen LogP contribution in [0.5, 0.6) is 0 Å². The highest BCUT2D eigenvalue weighted by molar-refractivity contribution is 5.41. The lowest BCUT2D eigenvalue weighted by Crippen LogP contribution is -2.13. The molecule has 86 valence electrons. The average molecular weight is 222 g/mol. The number of hydrogen-bond donors (Lipinski definition) is 2. The molecule has 0 saturated heterocycles. The summed E-state index contributed by atoms with van der Waals surface area (Å²) < 4.78 is 1.36. The van der Waals surface area contributed by atoms with Gasteiger partial charge in [0.15, 0.2) is 5.65 Å². The Bertz CT molecular complexity index is 456. The number of nitrogens with one attached hydrogen (secondary N) is 1. The van der Waals surface area contributed by atoms with Gasteiger partial charge in [-0.25, -0.2) is 0 Å². The molecule has 0 aliphatic heterocycles. The number of nitrogens with zero attached hydrogens (tertiary/aromatic N) is 5. The van der Waals surface area contributed by atoms with Gasteiger partial charge in [0.1, 0.15) is 5.82 Å². The lowest BCUT2D eigenvalue weighted by molar-refractivity contribution is 0.164. The Hall–Kier alpha value is -1.76. The molecule has 2 aromatic rings. The van der Waals surface area contributed by atoms with Crippen molar-refractivity contribution >= 4 is 11.5 Å². The summed E-state index contributed by atoms with van der Waals surface area (Å²) in [5.41, 5.74) is 0.610. The van der Waals surface area contributed by atoms with Crippen LogP contribution in [0, 0.1) is 0 Å². The summed E-state index contributed by atoms with van der Waals surface area (Å²) in [6.07, 6.45) is 1.21. The zero-order chi connectivity index (χ0) is 11.4. The molecule has 16 heavy (non-hydrogen) atoms. The van der Waals surface area contributed by atoms with E-state index in [-0.39, 0.29) is 6.10 Å². The summed E-state index contributed by atoms with van der Waals surface area (Å²) in [4.78, 5) is 0. The molecule has 0 aromatic carbocycles. The molecule has 0 amide bonds. The van der Waals surface area contributed by atoms with Crippen molar-refractivity contribution in [2.45, 2.75) is 25.9 Å². The normalized spacial score (nSPS) is 12.9. The van der Waals surface area contributed by atoms with Gasteiger partial charge in [-0.05, 0) is 35.4 Å². The third kappa shape index (κ3) is 2.43. The molecule has 1 unspecified atom stereocenters. The van der Waals surface area contributed by atoms with Crippen LogP contribution in [0.4, 0.5) is 5.82 Å². The van der Waals surface area contributed by atoms with Gasteiger partial charge in [0.2, 0.25) is 0 Å². The number of fused-ring (bicyclic) bond motifs is 1. The van der Waals surface area contributed by atoms with Crippen molar-refractivity contribution in [2.75, 3.05) is 11.9 Å². The van der Waals surface area contributed by atoms with Crippen molar-refractivity contribution < 1.29 is 5.11 Å². The number of rotatable bonds is 5. The van der Waals surface area contributed by atoms with E-state index in [1.165, 1.54) is 4.63 Å². The lowest BCUT2D eigenvalue weighted by atomic mass is 10.2. The molecule has 0 radical (unpaired) electrons. The highest BCUT2D eigenvalue weighted by Crippen LogP contribution is 2.04. The second-order valence-electron chi connectivity index (χ2n) is 3.52. The van der Waals surface area contributed by atoms with Crippen LogP contribution in [0.3, 0.4) is 0 Å². The molecule has 0 saturated carbocycles. The number of aliphatic hydroxyl groups excluding tert-OH is 1. The second kappa shape index (κ2) is 4.84. The van der Waals surface area contributed by atoms with Crippen molar-refractivity contribution in [3.63, 3.8) is 0 Å². The Kier molecular flexibility index (Phi) is 3.25. The zero-order valence-corrected chi connectivity index (χ0v) is 9.04. The van der Waals surface area contributed by atoms with Gasteiger partial charge in [0, 0.05) is 6.54 Å². The van der Waals surface area contributed by atoms with Gasteiger partial charge in [0.25, 0.3) is 0 Å². The minimum Gasteiger partial charge on any atom is -0.393 e. The van der Waals surface area contributed by atoms with E-state index in [9.17, 15) is 5.11 Å². The maximum Gasteiger partial charge on any atom is 0.200 e. The molecule has 1 atom stereocenters. The Balaban J connectivity index is 1.93. The van der Waals surface area contributed by atoms with E-state index in [1.807, 2.05) is 13.0 Å². The molecule has 2 N–H and O–H groups in total. The predicted octanol–water partition coefficient (Wildman–Crippen LogP) is 0.0922. The average Bonchev–Trinajstić information content (AvgIpc) is 2.76. The Labute approximate surface area is 92.5 Å². The van der Waals surface area contributed by atoms with Crippen LogP contribution >= 0.6 is 0 Å². The summed E-state index contributed by atoms with van der Waals surface area (Å²) >= 11 is 0. The van der Waals surface area contributed by atoms with Crippen molar-refractivity contribution in [3.8, 4) is 0 Å². The minimum absolute atomic E-state index is 0.260. The second-order valence-corrected chi connectivity index (χ2v) is 3.52. The number of aromatic nitrogens is 5. The Morgan fingerprint density at radius 1 is 1.50 bits per heavy atom. The van der Waals surface area contributed by atoms with E-state index in [0.717, 1.165) is 6.42 Å². The molecule has 0 aliphatic carbocycles. The third-order valence-electron chi connectivity index (χ3n) is 2.32. The first-order chi connectivity index (χ1) is 7.79. The van der Waals surface area contributed by atoms with Crippen molar-refractivity contribution in [1.29, 1.82) is 0 Å². The monoisotopic (exact) mass is 222 g/mol. The predicted molar refractivity (Wildman–Crippen MR) is 58.0 cm³/mol. The van der Waals surface area contributed by atoms with Crippen molar-refractivity contribution in [2.24, 2.45) is 0 Å².